The molecule has 0 amide bonds. The van der Waals surface area contributed by atoms with E-state index in [4.69, 9.17) is 37.5 Å². The second kappa shape index (κ2) is 6.06. The monoisotopic (exact) mass is 301 g/mol. The number of rotatable bonds is 4. The van der Waals surface area contributed by atoms with Gasteiger partial charge in [-0.2, -0.15) is 0 Å². The molecule has 0 saturated carbocycles. The van der Waals surface area contributed by atoms with Crippen LogP contribution in [0.4, 0.5) is 0 Å². The Bertz CT molecular complexity index is 642. The SMILES string of the molecule is O=c1cc(CO)occ1OCc1ncc(Cl)cc1Cl. The molecular weight excluding hydrogens is 293 g/mol. The highest BCUT2D eigenvalue weighted by molar-refractivity contribution is 6.34. The Morgan fingerprint density at radius 1 is 1.37 bits per heavy atom. The molecule has 100 valence electrons. The third-order valence-corrected chi connectivity index (χ3v) is 2.79. The highest BCUT2D eigenvalue weighted by atomic mass is 35.5. The minimum Gasteiger partial charge on any atom is -0.480 e. The molecule has 0 fully saturated rings. The van der Waals surface area contributed by atoms with E-state index in [-0.39, 0.29) is 30.2 Å². The van der Waals surface area contributed by atoms with E-state index in [2.05, 4.69) is 4.98 Å². The van der Waals surface area contributed by atoms with Gasteiger partial charge in [0.15, 0.2) is 0 Å². The summed E-state index contributed by atoms with van der Waals surface area (Å²) in [6, 6.07) is 2.69. The number of ether oxygens (including phenoxy) is 1. The molecule has 2 rings (SSSR count). The number of aliphatic hydroxyl groups excluding tert-OH is 1. The van der Waals surface area contributed by atoms with Gasteiger partial charge in [-0.1, -0.05) is 23.2 Å². The Morgan fingerprint density at radius 2 is 2.16 bits per heavy atom. The van der Waals surface area contributed by atoms with Crippen LogP contribution >= 0.6 is 23.2 Å². The van der Waals surface area contributed by atoms with Crippen LogP contribution in [0.2, 0.25) is 10.0 Å². The smallest absolute Gasteiger partial charge is 0.227 e. The molecule has 0 radical (unpaired) electrons. The van der Waals surface area contributed by atoms with Crippen LogP contribution in [0.25, 0.3) is 0 Å². The highest BCUT2D eigenvalue weighted by Crippen LogP contribution is 2.19. The molecule has 0 aliphatic heterocycles. The Labute approximate surface area is 118 Å². The van der Waals surface area contributed by atoms with Gasteiger partial charge in [0.25, 0.3) is 0 Å². The molecule has 0 spiro atoms. The maximum atomic E-state index is 11.6. The second-order valence-corrected chi connectivity index (χ2v) is 4.45. The lowest BCUT2D eigenvalue weighted by Gasteiger charge is -2.06. The number of nitrogens with zero attached hydrogens (tertiary/aromatic N) is 1. The standard InChI is InChI=1S/C12H9Cl2NO4/c13-7-1-9(14)10(15-3-7)5-19-12-6-18-8(4-16)2-11(12)17/h1-3,6,16H,4-5H2. The van der Waals surface area contributed by atoms with Gasteiger partial charge in [-0.05, 0) is 6.07 Å². The van der Waals surface area contributed by atoms with E-state index in [0.717, 1.165) is 12.3 Å². The summed E-state index contributed by atoms with van der Waals surface area (Å²) >= 11 is 11.6. The lowest BCUT2D eigenvalue weighted by atomic mass is 10.3. The zero-order valence-corrected chi connectivity index (χ0v) is 11.1. The van der Waals surface area contributed by atoms with Crippen LogP contribution in [-0.2, 0) is 13.2 Å². The molecule has 0 bridgehead atoms. The second-order valence-electron chi connectivity index (χ2n) is 3.60. The molecule has 0 aliphatic rings. The molecule has 2 aromatic heterocycles. The summed E-state index contributed by atoms with van der Waals surface area (Å²) in [6.45, 7) is -0.334. The first-order valence-corrected chi connectivity index (χ1v) is 6.01. The molecule has 2 heterocycles. The van der Waals surface area contributed by atoms with Gasteiger partial charge in [-0.25, -0.2) is 0 Å². The third-order valence-electron chi connectivity index (χ3n) is 2.26. The van der Waals surface area contributed by atoms with E-state index in [1.807, 2.05) is 0 Å². The molecule has 0 atom stereocenters. The molecule has 2 aromatic rings. The van der Waals surface area contributed by atoms with E-state index in [1.165, 1.54) is 12.3 Å². The van der Waals surface area contributed by atoms with Crippen molar-refractivity contribution in [2.75, 3.05) is 0 Å². The van der Waals surface area contributed by atoms with E-state index < -0.39 is 0 Å². The average Bonchev–Trinajstić information content (AvgIpc) is 2.39. The van der Waals surface area contributed by atoms with Gasteiger partial charge in [0.1, 0.15) is 25.2 Å². The summed E-state index contributed by atoms with van der Waals surface area (Å²) in [6.07, 6.45) is 2.57. The molecular formula is C12H9Cl2NO4. The molecule has 1 N–H and O–H groups in total. The van der Waals surface area contributed by atoms with Gasteiger partial charge in [0.2, 0.25) is 11.2 Å². The normalized spacial score (nSPS) is 10.5. The molecule has 19 heavy (non-hydrogen) atoms. The van der Waals surface area contributed by atoms with Crippen molar-refractivity contribution in [3.05, 3.63) is 56.3 Å². The first-order chi connectivity index (χ1) is 9.10. The quantitative estimate of drug-likeness (QED) is 0.939. The summed E-state index contributed by atoms with van der Waals surface area (Å²) in [5.41, 5.74) is 0.0667. The van der Waals surface area contributed by atoms with Crippen LogP contribution in [0, 0.1) is 0 Å². The predicted octanol–water partition coefficient (Wildman–Crippen LogP) is 2.41. The van der Waals surface area contributed by atoms with E-state index >= 15 is 0 Å². The van der Waals surface area contributed by atoms with Gasteiger partial charge < -0.3 is 14.3 Å². The minimum atomic E-state index is -0.389. The molecule has 0 aromatic carbocycles. The van der Waals surface area contributed by atoms with Crippen molar-refractivity contribution in [1.29, 1.82) is 0 Å². The van der Waals surface area contributed by atoms with Crippen LogP contribution < -0.4 is 10.2 Å². The van der Waals surface area contributed by atoms with E-state index in [9.17, 15) is 4.79 Å². The van der Waals surface area contributed by atoms with Crippen LogP contribution in [0.3, 0.4) is 0 Å². The summed E-state index contributed by atoms with van der Waals surface area (Å²) in [5, 5.41) is 9.58. The molecule has 0 unspecified atom stereocenters. The lowest BCUT2D eigenvalue weighted by Crippen LogP contribution is -2.09. The fraction of sp³-hybridized carbons (Fsp3) is 0.167. The fourth-order valence-electron chi connectivity index (χ4n) is 1.32. The van der Waals surface area contributed by atoms with E-state index in [1.54, 1.807) is 0 Å². The number of hydrogen-bond acceptors (Lipinski definition) is 5. The number of hydrogen-bond donors (Lipinski definition) is 1. The van der Waals surface area contributed by atoms with Crippen LogP contribution in [0.5, 0.6) is 5.75 Å². The highest BCUT2D eigenvalue weighted by Gasteiger charge is 2.07. The van der Waals surface area contributed by atoms with Gasteiger partial charge >= 0.3 is 0 Å². The number of aliphatic hydroxyl groups is 1. The van der Waals surface area contributed by atoms with Gasteiger partial charge in [-0.3, -0.25) is 9.78 Å². The number of halogens is 2. The first-order valence-electron chi connectivity index (χ1n) is 5.25. The first kappa shape index (κ1) is 13.9. The van der Waals surface area contributed by atoms with Crippen molar-refractivity contribution in [3.8, 4) is 5.75 Å². The van der Waals surface area contributed by atoms with E-state index in [0.29, 0.717) is 15.7 Å². The zero-order chi connectivity index (χ0) is 13.8. The van der Waals surface area contributed by atoms with Gasteiger partial charge in [0, 0.05) is 12.3 Å². The Hall–Kier alpha value is -1.56. The average molecular weight is 302 g/mol. The maximum Gasteiger partial charge on any atom is 0.227 e. The van der Waals surface area contributed by atoms with Crippen molar-refractivity contribution >= 4 is 23.2 Å². The summed E-state index contributed by atoms with van der Waals surface area (Å²) in [7, 11) is 0. The van der Waals surface area contributed by atoms with Crippen molar-refractivity contribution < 1.29 is 14.3 Å². The maximum absolute atomic E-state index is 11.6. The van der Waals surface area contributed by atoms with Crippen molar-refractivity contribution in [2.24, 2.45) is 0 Å². The number of aromatic nitrogens is 1. The molecule has 0 aliphatic carbocycles. The Kier molecular flexibility index (Phi) is 4.42. The molecule has 7 heteroatoms. The van der Waals surface area contributed by atoms with Gasteiger partial charge in [-0.15, -0.1) is 0 Å². The molecule has 0 saturated heterocycles. The van der Waals surface area contributed by atoms with Gasteiger partial charge in [0.05, 0.1) is 15.7 Å². The molecule has 5 nitrogen and oxygen atoms in total. The third kappa shape index (κ3) is 3.47. The Balaban J connectivity index is 2.12. The van der Waals surface area contributed by atoms with Crippen LogP contribution in [0.15, 0.2) is 33.8 Å². The summed E-state index contributed by atoms with van der Waals surface area (Å²) in [4.78, 5) is 15.6. The zero-order valence-electron chi connectivity index (χ0n) is 9.60. The lowest BCUT2D eigenvalue weighted by molar-refractivity contribution is 0.235. The minimum absolute atomic E-state index is 0.0131. The predicted molar refractivity (Wildman–Crippen MR) is 69.5 cm³/mol. The van der Waals surface area contributed by atoms with Crippen molar-refractivity contribution in [2.45, 2.75) is 13.2 Å². The number of pyridine rings is 1. The topological polar surface area (TPSA) is 72.6 Å². The van der Waals surface area contributed by atoms with Crippen molar-refractivity contribution in [1.82, 2.24) is 4.98 Å². The largest absolute Gasteiger partial charge is 0.480 e. The van der Waals surface area contributed by atoms with Crippen LogP contribution in [0.1, 0.15) is 11.5 Å². The summed E-state index contributed by atoms with van der Waals surface area (Å²) in [5.74, 6) is 0.185. The van der Waals surface area contributed by atoms with Crippen LogP contribution in [-0.4, -0.2) is 10.1 Å². The summed E-state index contributed by atoms with van der Waals surface area (Å²) < 4.78 is 10.2. The van der Waals surface area contributed by atoms with Crippen molar-refractivity contribution in [3.63, 3.8) is 0 Å². The fourth-order valence-corrected chi connectivity index (χ4v) is 1.76. The Morgan fingerprint density at radius 3 is 2.79 bits per heavy atom.